The molecule has 1 unspecified atom stereocenters. The minimum Gasteiger partial charge on any atom is -0.489 e. The van der Waals surface area contributed by atoms with Crippen LogP contribution in [-0.2, 0) is 0 Å². The zero-order chi connectivity index (χ0) is 12.3. The van der Waals surface area contributed by atoms with Crippen molar-refractivity contribution in [3.8, 4) is 5.75 Å². The average molecular weight is 308 g/mol. The third kappa shape index (κ3) is 3.65. The normalized spacial score (nSPS) is 14.9. The van der Waals surface area contributed by atoms with Gasteiger partial charge in [-0.05, 0) is 47.0 Å². The van der Waals surface area contributed by atoms with Gasteiger partial charge in [0.2, 0.25) is 0 Å². The molecule has 0 aromatic heterocycles. The molecule has 0 saturated carbocycles. The SMILES string of the molecule is CC(C)C(C)(O)COc1ccc(Cl)cc1Br. The van der Waals surface area contributed by atoms with Gasteiger partial charge in [0.15, 0.2) is 0 Å². The van der Waals surface area contributed by atoms with Crippen molar-refractivity contribution in [1.82, 2.24) is 0 Å². The number of aliphatic hydroxyl groups is 1. The molecule has 2 nitrogen and oxygen atoms in total. The second-order valence-electron chi connectivity index (χ2n) is 4.38. The summed E-state index contributed by atoms with van der Waals surface area (Å²) in [5.41, 5.74) is -0.834. The molecule has 0 fully saturated rings. The molecule has 0 bridgehead atoms. The van der Waals surface area contributed by atoms with E-state index in [9.17, 15) is 5.11 Å². The Morgan fingerprint density at radius 3 is 2.62 bits per heavy atom. The van der Waals surface area contributed by atoms with E-state index in [1.54, 1.807) is 25.1 Å². The van der Waals surface area contributed by atoms with Gasteiger partial charge in [-0.1, -0.05) is 25.4 Å². The predicted octanol–water partition coefficient (Wildman–Crippen LogP) is 3.89. The largest absolute Gasteiger partial charge is 0.489 e. The zero-order valence-corrected chi connectivity index (χ0v) is 12.0. The summed E-state index contributed by atoms with van der Waals surface area (Å²) in [6.45, 7) is 5.94. The van der Waals surface area contributed by atoms with Gasteiger partial charge < -0.3 is 9.84 Å². The third-order valence-corrected chi connectivity index (χ3v) is 3.51. The number of rotatable bonds is 4. The molecule has 1 atom stereocenters. The molecule has 1 N–H and O–H groups in total. The fourth-order valence-corrected chi connectivity index (χ4v) is 1.78. The highest BCUT2D eigenvalue weighted by Crippen LogP contribution is 2.29. The van der Waals surface area contributed by atoms with Gasteiger partial charge in [0, 0.05) is 5.02 Å². The Morgan fingerprint density at radius 1 is 1.50 bits per heavy atom. The fraction of sp³-hybridized carbons (Fsp3) is 0.500. The lowest BCUT2D eigenvalue weighted by Gasteiger charge is -2.27. The number of hydrogen-bond donors (Lipinski definition) is 1. The summed E-state index contributed by atoms with van der Waals surface area (Å²) in [7, 11) is 0. The van der Waals surface area contributed by atoms with E-state index in [0.717, 1.165) is 4.47 Å². The highest BCUT2D eigenvalue weighted by Gasteiger charge is 2.26. The maximum absolute atomic E-state index is 10.0. The van der Waals surface area contributed by atoms with E-state index in [-0.39, 0.29) is 12.5 Å². The molecule has 0 saturated heterocycles. The molecule has 0 spiro atoms. The van der Waals surface area contributed by atoms with Gasteiger partial charge in [-0.15, -0.1) is 0 Å². The Labute approximate surface area is 110 Å². The molecule has 1 aromatic carbocycles. The number of ether oxygens (including phenoxy) is 1. The van der Waals surface area contributed by atoms with Gasteiger partial charge in [-0.3, -0.25) is 0 Å². The van der Waals surface area contributed by atoms with Crippen molar-refractivity contribution in [3.05, 3.63) is 27.7 Å². The lowest BCUT2D eigenvalue weighted by Crippen LogP contribution is -2.37. The second-order valence-corrected chi connectivity index (χ2v) is 5.67. The van der Waals surface area contributed by atoms with Crippen LogP contribution in [0.15, 0.2) is 22.7 Å². The van der Waals surface area contributed by atoms with Gasteiger partial charge >= 0.3 is 0 Å². The number of benzene rings is 1. The predicted molar refractivity (Wildman–Crippen MR) is 70.1 cm³/mol. The van der Waals surface area contributed by atoms with E-state index in [4.69, 9.17) is 16.3 Å². The average Bonchev–Trinajstić information content (AvgIpc) is 2.16. The molecule has 0 heterocycles. The molecule has 0 aliphatic rings. The summed E-state index contributed by atoms with van der Waals surface area (Å²) in [4.78, 5) is 0. The Balaban J connectivity index is 2.68. The van der Waals surface area contributed by atoms with Crippen LogP contribution >= 0.6 is 27.5 Å². The molecule has 4 heteroatoms. The second kappa shape index (κ2) is 5.39. The molecular formula is C12H16BrClO2. The fourth-order valence-electron chi connectivity index (χ4n) is 0.983. The Bertz CT molecular complexity index is 364. The minimum atomic E-state index is -0.834. The maximum atomic E-state index is 10.0. The van der Waals surface area contributed by atoms with E-state index in [1.807, 2.05) is 13.8 Å². The van der Waals surface area contributed by atoms with Crippen LogP contribution in [-0.4, -0.2) is 17.3 Å². The first-order valence-electron chi connectivity index (χ1n) is 5.13. The van der Waals surface area contributed by atoms with E-state index in [0.29, 0.717) is 10.8 Å². The quantitative estimate of drug-likeness (QED) is 0.914. The van der Waals surface area contributed by atoms with Crippen molar-refractivity contribution in [2.45, 2.75) is 26.4 Å². The van der Waals surface area contributed by atoms with Crippen molar-refractivity contribution < 1.29 is 9.84 Å². The first-order valence-corrected chi connectivity index (χ1v) is 6.30. The summed E-state index contributed by atoms with van der Waals surface area (Å²) in [5.74, 6) is 0.823. The topological polar surface area (TPSA) is 29.5 Å². The zero-order valence-electron chi connectivity index (χ0n) is 9.63. The summed E-state index contributed by atoms with van der Waals surface area (Å²) in [6.07, 6.45) is 0. The van der Waals surface area contributed by atoms with Crippen LogP contribution in [0.5, 0.6) is 5.75 Å². The van der Waals surface area contributed by atoms with Crippen molar-refractivity contribution in [2.75, 3.05) is 6.61 Å². The van der Waals surface area contributed by atoms with Gasteiger partial charge in [0.1, 0.15) is 12.4 Å². The summed E-state index contributed by atoms with van der Waals surface area (Å²) in [5, 5.41) is 10.7. The standard InChI is InChI=1S/C12H16BrClO2/c1-8(2)12(3,15)7-16-11-5-4-9(14)6-10(11)13/h4-6,8,15H,7H2,1-3H3. The van der Waals surface area contributed by atoms with E-state index >= 15 is 0 Å². The molecule has 0 aliphatic carbocycles. The van der Waals surface area contributed by atoms with Crippen LogP contribution in [0, 0.1) is 5.92 Å². The van der Waals surface area contributed by atoms with Gasteiger partial charge in [0.25, 0.3) is 0 Å². The van der Waals surface area contributed by atoms with E-state index in [2.05, 4.69) is 15.9 Å². The lowest BCUT2D eigenvalue weighted by atomic mass is 9.94. The Kier molecular flexibility index (Phi) is 4.65. The van der Waals surface area contributed by atoms with Crippen LogP contribution in [0.2, 0.25) is 5.02 Å². The van der Waals surface area contributed by atoms with Crippen LogP contribution in [0.25, 0.3) is 0 Å². The number of hydrogen-bond acceptors (Lipinski definition) is 2. The van der Waals surface area contributed by atoms with Crippen LogP contribution < -0.4 is 4.74 Å². The Morgan fingerprint density at radius 2 is 2.12 bits per heavy atom. The smallest absolute Gasteiger partial charge is 0.133 e. The molecule has 0 radical (unpaired) electrons. The third-order valence-electron chi connectivity index (χ3n) is 2.66. The summed E-state index contributed by atoms with van der Waals surface area (Å²) in [6, 6.07) is 5.30. The molecule has 1 aromatic rings. The summed E-state index contributed by atoms with van der Waals surface area (Å²) < 4.78 is 6.35. The molecule has 90 valence electrons. The Hall–Kier alpha value is -0.250. The molecule has 0 amide bonds. The summed E-state index contributed by atoms with van der Waals surface area (Å²) >= 11 is 9.18. The van der Waals surface area contributed by atoms with Crippen molar-refractivity contribution in [2.24, 2.45) is 5.92 Å². The minimum absolute atomic E-state index is 0.138. The highest BCUT2D eigenvalue weighted by atomic mass is 79.9. The van der Waals surface area contributed by atoms with Crippen LogP contribution in [0.3, 0.4) is 0 Å². The molecule has 1 rings (SSSR count). The maximum Gasteiger partial charge on any atom is 0.133 e. The van der Waals surface area contributed by atoms with Crippen molar-refractivity contribution in [3.63, 3.8) is 0 Å². The van der Waals surface area contributed by atoms with Crippen LogP contribution in [0.1, 0.15) is 20.8 Å². The molecule has 16 heavy (non-hydrogen) atoms. The van der Waals surface area contributed by atoms with E-state index in [1.165, 1.54) is 0 Å². The van der Waals surface area contributed by atoms with E-state index < -0.39 is 5.60 Å². The lowest BCUT2D eigenvalue weighted by molar-refractivity contribution is -0.0268. The first-order chi connectivity index (χ1) is 7.33. The monoisotopic (exact) mass is 306 g/mol. The van der Waals surface area contributed by atoms with Crippen LogP contribution in [0.4, 0.5) is 0 Å². The highest BCUT2D eigenvalue weighted by molar-refractivity contribution is 9.10. The molecular weight excluding hydrogens is 291 g/mol. The van der Waals surface area contributed by atoms with Gasteiger partial charge in [-0.2, -0.15) is 0 Å². The first kappa shape index (κ1) is 13.8. The molecule has 0 aliphatic heterocycles. The van der Waals surface area contributed by atoms with Crippen molar-refractivity contribution in [1.29, 1.82) is 0 Å². The van der Waals surface area contributed by atoms with Gasteiger partial charge in [0.05, 0.1) is 10.1 Å². The van der Waals surface area contributed by atoms with Crippen molar-refractivity contribution >= 4 is 27.5 Å². The number of halogens is 2. The van der Waals surface area contributed by atoms with Gasteiger partial charge in [-0.25, -0.2) is 0 Å².